The Hall–Kier alpha value is -2.57. The van der Waals surface area contributed by atoms with Gasteiger partial charge >= 0.3 is 0 Å². The smallest absolute Gasteiger partial charge is 0.148 e. The zero-order valence-electron chi connectivity index (χ0n) is 11.9. The Morgan fingerprint density at radius 2 is 2.00 bits per heavy atom. The first-order valence-corrected chi connectivity index (χ1v) is 8.81. The van der Waals surface area contributed by atoms with Crippen molar-refractivity contribution in [3.63, 3.8) is 0 Å². The van der Waals surface area contributed by atoms with Crippen molar-refractivity contribution in [2.75, 3.05) is 0 Å². The molecule has 0 saturated heterocycles. The Labute approximate surface area is 139 Å². The van der Waals surface area contributed by atoms with Crippen molar-refractivity contribution in [1.82, 2.24) is 19.9 Å². The molecule has 1 N–H and O–H groups in total. The molecule has 0 atom stereocenters. The van der Waals surface area contributed by atoms with Crippen LogP contribution in [0.1, 0.15) is 0 Å². The van der Waals surface area contributed by atoms with Crippen LogP contribution in [-0.2, 0) is 0 Å². The first kappa shape index (κ1) is 12.9. The number of pyridine rings is 1. The quantitative estimate of drug-likeness (QED) is 0.496. The molecule has 0 unspecified atom stereocenters. The van der Waals surface area contributed by atoms with Gasteiger partial charge in [0, 0.05) is 18.0 Å². The van der Waals surface area contributed by atoms with Crippen LogP contribution in [0.2, 0.25) is 0 Å². The molecule has 1 aromatic carbocycles. The molecule has 0 fully saturated rings. The van der Waals surface area contributed by atoms with Crippen molar-refractivity contribution >= 4 is 43.9 Å². The van der Waals surface area contributed by atoms with Gasteiger partial charge in [0.25, 0.3) is 0 Å². The summed E-state index contributed by atoms with van der Waals surface area (Å²) in [5.41, 5.74) is 4.09. The lowest BCUT2D eigenvalue weighted by Crippen LogP contribution is -1.77. The zero-order chi connectivity index (χ0) is 15.2. The van der Waals surface area contributed by atoms with Crippen LogP contribution in [-0.4, -0.2) is 19.9 Å². The number of fused-ring (bicyclic) bond motifs is 2. The lowest BCUT2D eigenvalue weighted by molar-refractivity contribution is 1.35. The summed E-state index contributed by atoms with van der Waals surface area (Å²) in [7, 11) is 0. The highest BCUT2D eigenvalue weighted by Crippen LogP contribution is 2.32. The second-order valence-electron chi connectivity index (χ2n) is 5.16. The van der Waals surface area contributed by atoms with E-state index in [9.17, 15) is 0 Å². The lowest BCUT2D eigenvalue weighted by Gasteiger charge is -1.95. The second-order valence-corrected chi connectivity index (χ2v) is 7.14. The van der Waals surface area contributed by atoms with Gasteiger partial charge in [-0.15, -0.1) is 22.7 Å². The molecular formula is C17H10N4S2. The van der Waals surface area contributed by atoms with Crippen molar-refractivity contribution in [2.24, 2.45) is 0 Å². The Morgan fingerprint density at radius 1 is 1.00 bits per heavy atom. The van der Waals surface area contributed by atoms with Crippen molar-refractivity contribution in [3.05, 3.63) is 54.2 Å². The second kappa shape index (κ2) is 4.97. The lowest BCUT2D eigenvalue weighted by atomic mass is 10.2. The Bertz CT molecular complexity index is 1090. The summed E-state index contributed by atoms with van der Waals surface area (Å²) in [6.45, 7) is 0. The van der Waals surface area contributed by atoms with Crippen molar-refractivity contribution in [3.8, 4) is 21.3 Å². The minimum absolute atomic E-state index is 0.917. The molecular weight excluding hydrogens is 324 g/mol. The van der Waals surface area contributed by atoms with Crippen molar-refractivity contribution in [1.29, 1.82) is 0 Å². The summed E-state index contributed by atoms with van der Waals surface area (Å²) >= 11 is 3.34. The number of benzene rings is 1. The van der Waals surface area contributed by atoms with E-state index in [0.717, 1.165) is 42.5 Å². The molecule has 0 aliphatic rings. The number of hydrogen-bond donors (Lipinski definition) is 1. The highest BCUT2D eigenvalue weighted by atomic mass is 32.1. The summed E-state index contributed by atoms with van der Waals surface area (Å²) in [6.07, 6.45) is 3.64. The van der Waals surface area contributed by atoms with Crippen LogP contribution in [0.5, 0.6) is 0 Å². The first-order valence-electron chi connectivity index (χ1n) is 7.11. The summed E-state index contributed by atoms with van der Waals surface area (Å²) in [5.74, 6) is 0.917. The van der Waals surface area contributed by atoms with E-state index in [4.69, 9.17) is 4.98 Å². The van der Waals surface area contributed by atoms with Crippen LogP contribution in [0.3, 0.4) is 0 Å². The third kappa shape index (κ3) is 2.15. The average Bonchev–Trinajstić information content (AvgIpc) is 3.31. The normalized spacial score (nSPS) is 11.5. The van der Waals surface area contributed by atoms with E-state index in [1.165, 1.54) is 0 Å². The van der Waals surface area contributed by atoms with Crippen molar-refractivity contribution in [2.45, 2.75) is 0 Å². The fourth-order valence-electron chi connectivity index (χ4n) is 2.58. The fourth-order valence-corrected chi connectivity index (χ4v) is 4.17. The fraction of sp³-hybridized carbons (Fsp3) is 0. The largest absolute Gasteiger partial charge is 0.337 e. The molecule has 4 aromatic heterocycles. The topological polar surface area (TPSA) is 54.5 Å². The van der Waals surface area contributed by atoms with E-state index in [2.05, 4.69) is 38.5 Å². The molecule has 110 valence electrons. The van der Waals surface area contributed by atoms with E-state index in [0.29, 0.717) is 0 Å². The number of thiophene rings is 1. The predicted octanol–water partition coefficient (Wildman–Crippen LogP) is 4.96. The molecule has 0 radical (unpaired) electrons. The number of rotatable bonds is 2. The van der Waals surface area contributed by atoms with E-state index >= 15 is 0 Å². The van der Waals surface area contributed by atoms with Crippen LogP contribution in [0.4, 0.5) is 0 Å². The van der Waals surface area contributed by atoms with Crippen LogP contribution < -0.4 is 0 Å². The number of imidazole rings is 1. The summed E-state index contributed by atoms with van der Waals surface area (Å²) in [5, 5.41) is 3.06. The maximum Gasteiger partial charge on any atom is 0.148 e. The van der Waals surface area contributed by atoms with Gasteiger partial charge in [-0.05, 0) is 35.7 Å². The van der Waals surface area contributed by atoms with Gasteiger partial charge in [0.2, 0.25) is 0 Å². The molecule has 4 heterocycles. The SMILES string of the molecule is c1csc(-c2nc3ccc(-c4nc5ccncc5s4)cc3[nH]2)c1. The monoisotopic (exact) mass is 334 g/mol. The minimum Gasteiger partial charge on any atom is -0.337 e. The molecule has 0 bridgehead atoms. The number of aromatic nitrogens is 4. The molecule has 0 amide bonds. The number of thiazole rings is 1. The third-order valence-electron chi connectivity index (χ3n) is 3.67. The van der Waals surface area contributed by atoms with Gasteiger partial charge in [0.15, 0.2) is 0 Å². The summed E-state index contributed by atoms with van der Waals surface area (Å²) in [4.78, 5) is 18.1. The Balaban J connectivity index is 1.64. The maximum atomic E-state index is 4.69. The maximum absolute atomic E-state index is 4.69. The molecule has 6 heteroatoms. The molecule has 5 rings (SSSR count). The predicted molar refractivity (Wildman–Crippen MR) is 95.8 cm³/mol. The zero-order valence-corrected chi connectivity index (χ0v) is 13.5. The van der Waals surface area contributed by atoms with Gasteiger partial charge in [-0.25, -0.2) is 9.97 Å². The number of nitrogens with zero attached hydrogens (tertiary/aromatic N) is 3. The average molecular weight is 334 g/mol. The molecule has 0 saturated carbocycles. The van der Waals surface area contributed by atoms with Gasteiger partial charge in [-0.3, -0.25) is 4.98 Å². The number of hydrogen-bond acceptors (Lipinski definition) is 5. The van der Waals surface area contributed by atoms with E-state index in [-0.39, 0.29) is 0 Å². The van der Waals surface area contributed by atoms with Crippen LogP contribution in [0.25, 0.3) is 42.5 Å². The van der Waals surface area contributed by atoms with Gasteiger partial charge in [0.1, 0.15) is 10.8 Å². The highest BCUT2D eigenvalue weighted by molar-refractivity contribution is 7.21. The van der Waals surface area contributed by atoms with E-state index < -0.39 is 0 Å². The first-order chi connectivity index (χ1) is 11.4. The number of nitrogens with one attached hydrogen (secondary N) is 1. The van der Waals surface area contributed by atoms with Gasteiger partial charge < -0.3 is 4.98 Å². The highest BCUT2D eigenvalue weighted by Gasteiger charge is 2.10. The standard InChI is InChI=1S/C17H10N4S2/c1-2-14(22-7-1)16-19-11-4-3-10(8-13(11)20-16)17-21-12-5-6-18-9-15(12)23-17/h1-9H,(H,19,20). The summed E-state index contributed by atoms with van der Waals surface area (Å²) in [6, 6.07) is 12.3. The molecule has 0 spiro atoms. The molecule has 4 nitrogen and oxygen atoms in total. The number of aromatic amines is 1. The van der Waals surface area contributed by atoms with E-state index in [1.54, 1.807) is 28.9 Å². The van der Waals surface area contributed by atoms with Crippen LogP contribution >= 0.6 is 22.7 Å². The van der Waals surface area contributed by atoms with Crippen LogP contribution in [0.15, 0.2) is 54.2 Å². The van der Waals surface area contributed by atoms with Crippen molar-refractivity contribution < 1.29 is 0 Å². The molecule has 0 aliphatic carbocycles. The molecule has 23 heavy (non-hydrogen) atoms. The van der Waals surface area contributed by atoms with E-state index in [1.807, 2.05) is 24.4 Å². The Morgan fingerprint density at radius 3 is 2.87 bits per heavy atom. The molecule has 5 aromatic rings. The van der Waals surface area contributed by atoms with Gasteiger partial charge in [-0.2, -0.15) is 0 Å². The minimum atomic E-state index is 0.917. The van der Waals surface area contributed by atoms with Gasteiger partial charge in [0.05, 0.1) is 26.1 Å². The number of H-pyrrole nitrogens is 1. The van der Waals surface area contributed by atoms with Gasteiger partial charge in [-0.1, -0.05) is 6.07 Å². The van der Waals surface area contributed by atoms with Crippen LogP contribution in [0, 0.1) is 0 Å². The summed E-state index contributed by atoms with van der Waals surface area (Å²) < 4.78 is 1.10. The molecule has 0 aliphatic heterocycles. The Kier molecular flexibility index (Phi) is 2.79. The third-order valence-corrected chi connectivity index (χ3v) is 5.61.